The van der Waals surface area contributed by atoms with E-state index < -0.39 is 0 Å². The minimum Gasteiger partial charge on any atom is -0.383 e. The maximum Gasteiger partial charge on any atom is 0.128 e. The number of hydrogen-bond acceptors (Lipinski definition) is 3. The number of nitrogens with zero attached hydrogens (tertiary/aromatic N) is 1. The summed E-state index contributed by atoms with van der Waals surface area (Å²) in [6, 6.07) is 9.64. The summed E-state index contributed by atoms with van der Waals surface area (Å²) in [6.07, 6.45) is 1.74. The summed E-state index contributed by atoms with van der Waals surface area (Å²) in [6.45, 7) is 1.98. The number of rotatable bonds is 2. The van der Waals surface area contributed by atoms with Crippen molar-refractivity contribution in [2.24, 2.45) is 5.73 Å². The van der Waals surface area contributed by atoms with Gasteiger partial charge in [-0.05, 0) is 36.2 Å². The number of nitrogens with two attached hydrogens (primary N) is 2. The molecule has 1 heterocycles. The maximum absolute atomic E-state index is 6.20. The Morgan fingerprint density at radius 1 is 1.24 bits per heavy atom. The fraction of sp³-hybridized carbons (Fsp3) is 0.154. The van der Waals surface area contributed by atoms with Crippen LogP contribution < -0.4 is 11.5 Å². The van der Waals surface area contributed by atoms with Gasteiger partial charge >= 0.3 is 0 Å². The molecule has 3 nitrogen and oxygen atoms in total. The van der Waals surface area contributed by atoms with E-state index in [2.05, 4.69) is 20.9 Å². The topological polar surface area (TPSA) is 64.9 Å². The van der Waals surface area contributed by atoms with Gasteiger partial charge in [0.15, 0.2) is 0 Å². The molecule has 0 aliphatic carbocycles. The number of anilines is 1. The number of pyridine rings is 1. The molecule has 2 rings (SSSR count). The molecule has 0 spiro atoms. The van der Waals surface area contributed by atoms with Crippen LogP contribution in [0.25, 0.3) is 0 Å². The molecule has 0 aliphatic heterocycles. The molecule has 4 N–H and O–H groups in total. The third kappa shape index (κ3) is 2.65. The van der Waals surface area contributed by atoms with Crippen molar-refractivity contribution in [2.75, 3.05) is 5.73 Å². The highest BCUT2D eigenvalue weighted by Gasteiger charge is 2.12. The smallest absolute Gasteiger partial charge is 0.128 e. The Labute approximate surface area is 109 Å². The molecule has 1 aromatic carbocycles. The zero-order chi connectivity index (χ0) is 12.4. The van der Waals surface area contributed by atoms with E-state index in [1.165, 1.54) is 0 Å². The van der Waals surface area contributed by atoms with Crippen LogP contribution in [0.5, 0.6) is 0 Å². The Hall–Kier alpha value is -1.39. The summed E-state index contributed by atoms with van der Waals surface area (Å²) >= 11 is 3.40. The molecule has 0 amide bonds. The lowest BCUT2D eigenvalue weighted by molar-refractivity contribution is 0.865. The molecule has 1 atom stereocenters. The Bertz CT molecular complexity index is 523. The fourth-order valence-electron chi connectivity index (χ4n) is 1.70. The van der Waals surface area contributed by atoms with Gasteiger partial charge in [0.1, 0.15) is 5.82 Å². The van der Waals surface area contributed by atoms with E-state index >= 15 is 0 Å². The van der Waals surface area contributed by atoms with E-state index in [9.17, 15) is 0 Å². The largest absolute Gasteiger partial charge is 0.383 e. The normalized spacial score (nSPS) is 12.4. The standard InChI is InChI=1S/C13H14BrN3/c1-8-6-11(13(16)17-7-8)12(15)9-2-4-10(14)5-3-9/h2-7,12H,15H2,1H3,(H2,16,17). The van der Waals surface area contributed by atoms with E-state index in [1.54, 1.807) is 6.20 Å². The molecule has 2 aromatic rings. The molecule has 17 heavy (non-hydrogen) atoms. The van der Waals surface area contributed by atoms with Crippen molar-refractivity contribution in [3.8, 4) is 0 Å². The Morgan fingerprint density at radius 2 is 1.88 bits per heavy atom. The Balaban J connectivity index is 2.39. The van der Waals surface area contributed by atoms with Crippen LogP contribution in [-0.4, -0.2) is 4.98 Å². The van der Waals surface area contributed by atoms with Crippen LogP contribution in [0.3, 0.4) is 0 Å². The lowest BCUT2D eigenvalue weighted by Crippen LogP contribution is -2.14. The van der Waals surface area contributed by atoms with Gasteiger partial charge in [-0.1, -0.05) is 28.1 Å². The van der Waals surface area contributed by atoms with Crippen LogP contribution in [-0.2, 0) is 0 Å². The summed E-state index contributed by atoms with van der Waals surface area (Å²) in [7, 11) is 0. The highest BCUT2D eigenvalue weighted by Crippen LogP contribution is 2.25. The molecule has 4 heteroatoms. The van der Waals surface area contributed by atoms with Gasteiger partial charge in [-0.2, -0.15) is 0 Å². The van der Waals surface area contributed by atoms with E-state index in [1.807, 2.05) is 37.3 Å². The van der Waals surface area contributed by atoms with Crippen molar-refractivity contribution in [1.82, 2.24) is 4.98 Å². The first-order valence-corrected chi connectivity index (χ1v) is 6.10. The molecule has 1 unspecified atom stereocenters. The molecule has 0 aliphatic rings. The predicted octanol–water partition coefficient (Wildman–Crippen LogP) is 2.78. The summed E-state index contributed by atoms with van der Waals surface area (Å²) in [4.78, 5) is 4.13. The summed E-state index contributed by atoms with van der Waals surface area (Å²) in [5.74, 6) is 0.492. The predicted molar refractivity (Wildman–Crippen MR) is 73.6 cm³/mol. The Morgan fingerprint density at radius 3 is 2.53 bits per heavy atom. The van der Waals surface area contributed by atoms with Crippen molar-refractivity contribution in [2.45, 2.75) is 13.0 Å². The van der Waals surface area contributed by atoms with E-state index in [4.69, 9.17) is 11.5 Å². The summed E-state index contributed by atoms with van der Waals surface area (Å²) < 4.78 is 1.03. The van der Waals surface area contributed by atoms with Crippen LogP contribution in [0, 0.1) is 6.92 Å². The van der Waals surface area contributed by atoms with E-state index in [0.717, 1.165) is 21.2 Å². The van der Waals surface area contributed by atoms with Gasteiger partial charge in [-0.3, -0.25) is 0 Å². The zero-order valence-corrected chi connectivity index (χ0v) is 11.1. The van der Waals surface area contributed by atoms with Crippen molar-refractivity contribution < 1.29 is 0 Å². The third-order valence-corrected chi connectivity index (χ3v) is 3.18. The summed E-state index contributed by atoms with van der Waals surface area (Å²) in [5, 5.41) is 0. The van der Waals surface area contributed by atoms with E-state index in [-0.39, 0.29) is 6.04 Å². The van der Waals surface area contributed by atoms with Crippen LogP contribution in [0.1, 0.15) is 22.7 Å². The average molecular weight is 292 g/mol. The van der Waals surface area contributed by atoms with Crippen LogP contribution in [0.4, 0.5) is 5.82 Å². The monoisotopic (exact) mass is 291 g/mol. The second-order valence-electron chi connectivity index (χ2n) is 4.02. The van der Waals surface area contributed by atoms with Gasteiger partial charge in [-0.15, -0.1) is 0 Å². The molecule has 0 saturated carbocycles. The van der Waals surface area contributed by atoms with Crippen molar-refractivity contribution in [3.05, 3.63) is 57.7 Å². The lowest BCUT2D eigenvalue weighted by atomic mass is 9.99. The Kier molecular flexibility index (Phi) is 3.45. The van der Waals surface area contributed by atoms with Gasteiger partial charge in [0.25, 0.3) is 0 Å². The molecule has 1 aromatic heterocycles. The summed E-state index contributed by atoms with van der Waals surface area (Å²) in [5.41, 5.74) is 15.0. The number of halogens is 1. The van der Waals surface area contributed by atoms with Gasteiger partial charge in [0.2, 0.25) is 0 Å². The fourth-order valence-corrected chi connectivity index (χ4v) is 1.97. The minimum absolute atomic E-state index is 0.240. The minimum atomic E-state index is -0.240. The van der Waals surface area contributed by atoms with Gasteiger partial charge < -0.3 is 11.5 Å². The molecular formula is C13H14BrN3. The molecule has 0 bridgehead atoms. The molecule has 0 fully saturated rings. The highest BCUT2D eigenvalue weighted by atomic mass is 79.9. The first kappa shape index (κ1) is 12.1. The van der Waals surface area contributed by atoms with Gasteiger partial charge in [0, 0.05) is 16.2 Å². The second-order valence-corrected chi connectivity index (χ2v) is 4.93. The van der Waals surface area contributed by atoms with Crippen molar-refractivity contribution >= 4 is 21.7 Å². The molecule has 88 valence electrons. The quantitative estimate of drug-likeness (QED) is 0.894. The van der Waals surface area contributed by atoms with Gasteiger partial charge in [-0.25, -0.2) is 4.98 Å². The van der Waals surface area contributed by atoms with Crippen LogP contribution in [0.2, 0.25) is 0 Å². The van der Waals surface area contributed by atoms with Crippen LogP contribution >= 0.6 is 15.9 Å². The lowest BCUT2D eigenvalue weighted by Gasteiger charge is -2.15. The first-order chi connectivity index (χ1) is 8.08. The molecule has 0 saturated heterocycles. The number of aromatic nitrogens is 1. The molecular weight excluding hydrogens is 278 g/mol. The van der Waals surface area contributed by atoms with Gasteiger partial charge in [0.05, 0.1) is 6.04 Å². The third-order valence-electron chi connectivity index (χ3n) is 2.65. The number of benzene rings is 1. The first-order valence-electron chi connectivity index (χ1n) is 5.31. The van der Waals surface area contributed by atoms with Crippen LogP contribution in [0.15, 0.2) is 41.0 Å². The number of nitrogen functional groups attached to an aromatic ring is 1. The number of hydrogen-bond donors (Lipinski definition) is 2. The van der Waals surface area contributed by atoms with Crippen molar-refractivity contribution in [1.29, 1.82) is 0 Å². The SMILES string of the molecule is Cc1cnc(N)c(C(N)c2ccc(Br)cc2)c1. The van der Waals surface area contributed by atoms with E-state index in [0.29, 0.717) is 5.82 Å². The maximum atomic E-state index is 6.20. The zero-order valence-electron chi connectivity index (χ0n) is 9.52. The van der Waals surface area contributed by atoms with Crippen molar-refractivity contribution in [3.63, 3.8) is 0 Å². The second kappa shape index (κ2) is 4.85. The molecule has 0 radical (unpaired) electrons. The average Bonchev–Trinajstić information content (AvgIpc) is 2.32. The number of aryl methyl sites for hydroxylation is 1. The highest BCUT2D eigenvalue weighted by molar-refractivity contribution is 9.10.